The number of rotatable bonds is 2. The average molecular weight is 222 g/mol. The maximum atomic E-state index is 5.08. The summed E-state index contributed by atoms with van der Waals surface area (Å²) in [5, 5.41) is 3.47. The highest BCUT2D eigenvalue weighted by Gasteiger charge is 2.26. The fourth-order valence-electron chi connectivity index (χ4n) is 1.93. The first-order valence-electron chi connectivity index (χ1n) is 5.47. The highest BCUT2D eigenvalue weighted by Crippen LogP contribution is 2.18. The molecule has 0 aromatic carbocycles. The second kappa shape index (κ2) is 4.25. The maximum Gasteiger partial charge on any atom is 0.233 e. The molecular weight excluding hydrogens is 204 g/mol. The van der Waals surface area contributed by atoms with E-state index in [2.05, 4.69) is 34.0 Å². The molecule has 1 aliphatic heterocycles. The van der Waals surface area contributed by atoms with Gasteiger partial charge in [-0.2, -0.15) is 4.98 Å². The highest BCUT2D eigenvalue weighted by atomic mass is 16.5. The van der Waals surface area contributed by atoms with Crippen LogP contribution in [0.15, 0.2) is 12.4 Å². The van der Waals surface area contributed by atoms with Gasteiger partial charge in [0.05, 0.1) is 19.5 Å². The number of nitrogens with one attached hydrogen (secondary N) is 1. The Morgan fingerprint density at radius 3 is 2.94 bits per heavy atom. The van der Waals surface area contributed by atoms with Gasteiger partial charge in [0, 0.05) is 25.2 Å². The highest BCUT2D eigenvalue weighted by molar-refractivity contribution is 5.39. The van der Waals surface area contributed by atoms with E-state index in [9.17, 15) is 0 Å². The van der Waals surface area contributed by atoms with Crippen molar-refractivity contribution >= 4 is 5.82 Å². The Bertz CT molecular complexity index is 367. The minimum absolute atomic E-state index is 0.114. The van der Waals surface area contributed by atoms with Crippen molar-refractivity contribution in [3.63, 3.8) is 0 Å². The molecular formula is C11H18N4O. The summed E-state index contributed by atoms with van der Waals surface area (Å²) in [4.78, 5) is 10.8. The number of hydrogen-bond donors (Lipinski definition) is 1. The van der Waals surface area contributed by atoms with Gasteiger partial charge in [0.2, 0.25) is 5.88 Å². The molecule has 1 aliphatic rings. The van der Waals surface area contributed by atoms with Gasteiger partial charge in [0.15, 0.2) is 5.82 Å². The number of methoxy groups -OCH3 is 1. The van der Waals surface area contributed by atoms with Crippen LogP contribution in [0.3, 0.4) is 0 Å². The van der Waals surface area contributed by atoms with Crippen molar-refractivity contribution < 1.29 is 4.74 Å². The molecule has 16 heavy (non-hydrogen) atoms. The molecule has 1 N–H and O–H groups in total. The van der Waals surface area contributed by atoms with E-state index < -0.39 is 0 Å². The molecule has 88 valence electrons. The monoisotopic (exact) mass is 222 g/mol. The molecule has 2 rings (SSSR count). The van der Waals surface area contributed by atoms with Crippen LogP contribution in [-0.2, 0) is 0 Å². The molecule has 0 amide bonds. The van der Waals surface area contributed by atoms with E-state index in [-0.39, 0.29) is 5.54 Å². The number of nitrogens with zero attached hydrogens (tertiary/aromatic N) is 3. The number of hydrogen-bond acceptors (Lipinski definition) is 5. The lowest BCUT2D eigenvalue weighted by atomic mass is 10.0. The lowest BCUT2D eigenvalue weighted by molar-refractivity contribution is 0.349. The summed E-state index contributed by atoms with van der Waals surface area (Å²) in [5.41, 5.74) is 0.114. The molecule has 1 aromatic heterocycles. The summed E-state index contributed by atoms with van der Waals surface area (Å²) in [7, 11) is 1.61. The van der Waals surface area contributed by atoms with E-state index in [1.807, 2.05) is 0 Å². The third-order valence-corrected chi connectivity index (χ3v) is 2.70. The summed E-state index contributed by atoms with van der Waals surface area (Å²) in [6.45, 7) is 7.21. The molecule has 0 saturated carbocycles. The molecule has 1 aromatic rings. The van der Waals surface area contributed by atoms with E-state index in [4.69, 9.17) is 4.74 Å². The summed E-state index contributed by atoms with van der Waals surface area (Å²) in [6, 6.07) is 0. The zero-order valence-corrected chi connectivity index (χ0v) is 10.0. The molecule has 1 saturated heterocycles. The van der Waals surface area contributed by atoms with Crippen LogP contribution >= 0.6 is 0 Å². The third kappa shape index (κ3) is 2.41. The van der Waals surface area contributed by atoms with Crippen molar-refractivity contribution in [1.29, 1.82) is 0 Å². The smallest absolute Gasteiger partial charge is 0.233 e. The molecule has 0 unspecified atom stereocenters. The van der Waals surface area contributed by atoms with E-state index >= 15 is 0 Å². The van der Waals surface area contributed by atoms with Crippen LogP contribution in [0.25, 0.3) is 0 Å². The van der Waals surface area contributed by atoms with Crippen LogP contribution in [-0.4, -0.2) is 42.3 Å². The van der Waals surface area contributed by atoms with Crippen LogP contribution in [0, 0.1) is 0 Å². The first kappa shape index (κ1) is 11.1. The normalized spacial score (nSPS) is 19.6. The van der Waals surface area contributed by atoms with Gasteiger partial charge in [0.25, 0.3) is 0 Å². The van der Waals surface area contributed by atoms with Crippen molar-refractivity contribution in [2.75, 3.05) is 31.6 Å². The number of piperazine rings is 1. The largest absolute Gasteiger partial charge is 0.480 e. The predicted molar refractivity (Wildman–Crippen MR) is 62.9 cm³/mol. The summed E-state index contributed by atoms with van der Waals surface area (Å²) >= 11 is 0. The first-order valence-corrected chi connectivity index (χ1v) is 5.47. The van der Waals surface area contributed by atoms with Crippen LogP contribution in [0.1, 0.15) is 13.8 Å². The number of anilines is 1. The van der Waals surface area contributed by atoms with Gasteiger partial charge < -0.3 is 15.0 Å². The topological polar surface area (TPSA) is 50.3 Å². The number of ether oxygens (including phenoxy) is 1. The molecule has 5 nitrogen and oxygen atoms in total. The van der Waals surface area contributed by atoms with Gasteiger partial charge >= 0.3 is 0 Å². The Morgan fingerprint density at radius 2 is 2.25 bits per heavy atom. The van der Waals surface area contributed by atoms with Gasteiger partial charge in [-0.3, -0.25) is 4.98 Å². The van der Waals surface area contributed by atoms with Gasteiger partial charge in [-0.05, 0) is 13.8 Å². The van der Waals surface area contributed by atoms with Crippen LogP contribution < -0.4 is 15.0 Å². The molecule has 0 radical (unpaired) electrons. The summed E-state index contributed by atoms with van der Waals surface area (Å²) in [6.07, 6.45) is 3.40. The maximum absolute atomic E-state index is 5.08. The summed E-state index contributed by atoms with van der Waals surface area (Å²) in [5.74, 6) is 1.45. The Kier molecular flexibility index (Phi) is 2.96. The predicted octanol–water partition coefficient (Wildman–Crippen LogP) is 0.673. The Hall–Kier alpha value is -1.36. The third-order valence-electron chi connectivity index (χ3n) is 2.70. The molecule has 1 fully saturated rings. The summed E-state index contributed by atoms with van der Waals surface area (Å²) < 4.78 is 5.08. The van der Waals surface area contributed by atoms with Gasteiger partial charge in [-0.25, -0.2) is 0 Å². The first-order chi connectivity index (χ1) is 7.61. The van der Waals surface area contributed by atoms with Crippen LogP contribution in [0.5, 0.6) is 5.88 Å². The van der Waals surface area contributed by atoms with E-state index in [1.165, 1.54) is 0 Å². The lowest BCUT2D eigenvalue weighted by Crippen LogP contribution is -2.57. The molecule has 0 aliphatic carbocycles. The lowest BCUT2D eigenvalue weighted by Gasteiger charge is -2.39. The fourth-order valence-corrected chi connectivity index (χ4v) is 1.93. The van der Waals surface area contributed by atoms with Gasteiger partial charge in [0.1, 0.15) is 0 Å². The van der Waals surface area contributed by atoms with Crippen molar-refractivity contribution in [3.8, 4) is 5.88 Å². The molecule has 5 heteroatoms. The van der Waals surface area contributed by atoms with Crippen molar-refractivity contribution in [2.45, 2.75) is 19.4 Å². The Morgan fingerprint density at radius 1 is 1.44 bits per heavy atom. The van der Waals surface area contributed by atoms with Crippen molar-refractivity contribution in [2.24, 2.45) is 0 Å². The van der Waals surface area contributed by atoms with E-state index in [0.717, 1.165) is 25.5 Å². The van der Waals surface area contributed by atoms with Crippen molar-refractivity contribution in [1.82, 2.24) is 15.3 Å². The Labute approximate surface area is 95.8 Å². The quantitative estimate of drug-likeness (QED) is 0.797. The zero-order chi connectivity index (χ0) is 11.6. The standard InChI is InChI=1S/C11H18N4O/c1-11(2)8-15(5-4-13-11)9-6-12-7-10(14-9)16-3/h6-7,13H,4-5,8H2,1-3H3. The molecule has 0 bridgehead atoms. The van der Waals surface area contributed by atoms with Gasteiger partial charge in [-0.15, -0.1) is 0 Å². The van der Waals surface area contributed by atoms with Crippen LogP contribution in [0.4, 0.5) is 5.82 Å². The SMILES string of the molecule is COc1cncc(N2CCNC(C)(C)C2)n1. The minimum Gasteiger partial charge on any atom is -0.480 e. The van der Waals surface area contributed by atoms with E-state index in [0.29, 0.717) is 5.88 Å². The molecule has 0 spiro atoms. The zero-order valence-electron chi connectivity index (χ0n) is 10.0. The van der Waals surface area contributed by atoms with E-state index in [1.54, 1.807) is 19.5 Å². The minimum atomic E-state index is 0.114. The molecule has 2 heterocycles. The average Bonchev–Trinajstić information content (AvgIpc) is 2.28. The van der Waals surface area contributed by atoms with Crippen LogP contribution in [0.2, 0.25) is 0 Å². The molecule has 0 atom stereocenters. The second-order valence-electron chi connectivity index (χ2n) is 4.65. The fraction of sp³-hybridized carbons (Fsp3) is 0.636. The number of aromatic nitrogens is 2. The van der Waals surface area contributed by atoms with Crippen molar-refractivity contribution in [3.05, 3.63) is 12.4 Å². The Balaban J connectivity index is 2.16. The van der Waals surface area contributed by atoms with Gasteiger partial charge in [-0.1, -0.05) is 0 Å². The second-order valence-corrected chi connectivity index (χ2v) is 4.65.